The lowest BCUT2D eigenvalue weighted by Gasteiger charge is -2.27. The third-order valence-corrected chi connectivity index (χ3v) is 7.30. The van der Waals surface area contributed by atoms with Crippen molar-refractivity contribution in [3.63, 3.8) is 0 Å². The SMILES string of the molecule is c1ccc(C2(c3c[nH]c4ccccc34)SCCS2)cc1. The van der Waals surface area contributed by atoms with E-state index in [-0.39, 0.29) is 4.08 Å². The maximum Gasteiger partial charge on any atom is 0.113 e. The number of nitrogens with one attached hydrogen (secondary N) is 1. The van der Waals surface area contributed by atoms with Crippen LogP contribution in [0.5, 0.6) is 0 Å². The van der Waals surface area contributed by atoms with Gasteiger partial charge in [0.1, 0.15) is 4.08 Å². The number of hydrogen-bond donors (Lipinski definition) is 1. The third kappa shape index (κ3) is 1.80. The first kappa shape index (κ1) is 12.4. The topological polar surface area (TPSA) is 15.8 Å². The van der Waals surface area contributed by atoms with Crippen molar-refractivity contribution in [1.82, 2.24) is 4.98 Å². The Morgan fingerprint density at radius 1 is 0.850 bits per heavy atom. The minimum absolute atomic E-state index is 0.0425. The van der Waals surface area contributed by atoms with E-state index in [4.69, 9.17) is 0 Å². The fraction of sp³-hybridized carbons (Fsp3) is 0.176. The Morgan fingerprint density at radius 2 is 1.55 bits per heavy atom. The van der Waals surface area contributed by atoms with Gasteiger partial charge in [-0.3, -0.25) is 0 Å². The van der Waals surface area contributed by atoms with Crippen molar-refractivity contribution in [3.05, 3.63) is 71.9 Å². The predicted molar refractivity (Wildman–Crippen MR) is 90.4 cm³/mol. The standard InChI is InChI=1S/C17H15NS2/c1-2-6-13(7-3-1)17(19-10-11-20-17)15-12-18-16-9-5-4-8-14(15)16/h1-9,12,18H,10-11H2. The molecule has 0 atom stereocenters. The zero-order valence-electron chi connectivity index (χ0n) is 11.0. The van der Waals surface area contributed by atoms with Crippen molar-refractivity contribution in [2.24, 2.45) is 0 Å². The number of hydrogen-bond acceptors (Lipinski definition) is 2. The van der Waals surface area contributed by atoms with E-state index in [0.717, 1.165) is 0 Å². The molecular formula is C17H15NS2. The monoisotopic (exact) mass is 297 g/mol. The predicted octanol–water partition coefficient (Wildman–Crippen LogP) is 4.85. The molecule has 2 aromatic carbocycles. The molecule has 0 spiro atoms. The molecule has 1 nitrogen and oxygen atoms in total. The van der Waals surface area contributed by atoms with Gasteiger partial charge in [-0.2, -0.15) is 0 Å². The van der Waals surface area contributed by atoms with E-state index in [2.05, 4.69) is 89.3 Å². The van der Waals surface area contributed by atoms with Crippen molar-refractivity contribution in [1.29, 1.82) is 0 Å². The van der Waals surface area contributed by atoms with Crippen LogP contribution in [0.2, 0.25) is 0 Å². The van der Waals surface area contributed by atoms with Crippen LogP contribution in [0.1, 0.15) is 11.1 Å². The summed E-state index contributed by atoms with van der Waals surface area (Å²) in [5.41, 5.74) is 4.04. The van der Waals surface area contributed by atoms with E-state index >= 15 is 0 Å². The molecule has 0 aliphatic carbocycles. The number of rotatable bonds is 2. The summed E-state index contributed by atoms with van der Waals surface area (Å²) in [6, 6.07) is 19.5. The first-order valence-corrected chi connectivity index (χ1v) is 8.77. The molecule has 1 aliphatic rings. The van der Waals surface area contributed by atoms with Crippen LogP contribution in [0.3, 0.4) is 0 Å². The second-order valence-electron chi connectivity index (χ2n) is 4.93. The van der Waals surface area contributed by atoms with Gasteiger partial charge in [-0.05, 0) is 11.6 Å². The van der Waals surface area contributed by atoms with Gasteiger partial charge < -0.3 is 4.98 Å². The Balaban J connectivity index is 1.96. The molecule has 1 aliphatic heterocycles. The van der Waals surface area contributed by atoms with Crippen LogP contribution in [0, 0.1) is 0 Å². The van der Waals surface area contributed by atoms with Gasteiger partial charge in [-0.15, -0.1) is 23.5 Å². The molecule has 20 heavy (non-hydrogen) atoms. The lowest BCUT2D eigenvalue weighted by molar-refractivity contribution is 1.10. The number of aromatic nitrogens is 1. The lowest BCUT2D eigenvalue weighted by atomic mass is 10.0. The van der Waals surface area contributed by atoms with Crippen LogP contribution >= 0.6 is 23.5 Å². The zero-order chi connectivity index (χ0) is 13.4. The van der Waals surface area contributed by atoms with E-state index < -0.39 is 0 Å². The summed E-state index contributed by atoms with van der Waals surface area (Å²) >= 11 is 4.12. The quantitative estimate of drug-likeness (QED) is 0.727. The molecule has 100 valence electrons. The summed E-state index contributed by atoms with van der Waals surface area (Å²) in [6.07, 6.45) is 2.20. The minimum Gasteiger partial charge on any atom is -0.361 e. The molecule has 3 aromatic rings. The highest BCUT2D eigenvalue weighted by Gasteiger charge is 2.40. The van der Waals surface area contributed by atoms with Crippen molar-refractivity contribution in [3.8, 4) is 0 Å². The van der Waals surface area contributed by atoms with Crippen LogP contribution < -0.4 is 0 Å². The molecule has 2 heterocycles. The average molecular weight is 297 g/mol. The van der Waals surface area contributed by atoms with Crippen LogP contribution in [-0.4, -0.2) is 16.5 Å². The van der Waals surface area contributed by atoms with Crippen LogP contribution in [-0.2, 0) is 4.08 Å². The second kappa shape index (κ2) is 4.90. The Hall–Kier alpha value is -1.32. The zero-order valence-corrected chi connectivity index (χ0v) is 12.6. The number of para-hydroxylation sites is 1. The lowest BCUT2D eigenvalue weighted by Crippen LogP contribution is -2.15. The van der Waals surface area contributed by atoms with Crippen LogP contribution in [0.4, 0.5) is 0 Å². The fourth-order valence-electron chi connectivity index (χ4n) is 2.89. The molecule has 1 saturated heterocycles. The van der Waals surface area contributed by atoms with E-state index in [1.165, 1.54) is 33.5 Å². The third-order valence-electron chi connectivity index (χ3n) is 3.79. The Labute approximate surface area is 127 Å². The van der Waals surface area contributed by atoms with Gasteiger partial charge in [-0.25, -0.2) is 0 Å². The normalized spacial score (nSPS) is 17.6. The van der Waals surface area contributed by atoms with E-state index in [1.807, 2.05) is 0 Å². The summed E-state index contributed by atoms with van der Waals surface area (Å²) in [4.78, 5) is 3.43. The number of benzene rings is 2. The van der Waals surface area contributed by atoms with Gasteiger partial charge in [0.15, 0.2) is 0 Å². The van der Waals surface area contributed by atoms with Gasteiger partial charge in [0.05, 0.1) is 0 Å². The summed E-state index contributed by atoms with van der Waals surface area (Å²) in [5, 5.41) is 1.35. The van der Waals surface area contributed by atoms with Crippen LogP contribution in [0.25, 0.3) is 10.9 Å². The smallest absolute Gasteiger partial charge is 0.113 e. The number of H-pyrrole nitrogens is 1. The Bertz CT molecular complexity index is 727. The summed E-state index contributed by atoms with van der Waals surface area (Å²) in [6.45, 7) is 0. The molecule has 4 rings (SSSR count). The molecule has 3 heteroatoms. The molecule has 1 aromatic heterocycles. The second-order valence-corrected chi connectivity index (χ2v) is 7.80. The first-order chi connectivity index (χ1) is 9.90. The van der Waals surface area contributed by atoms with Crippen LogP contribution in [0.15, 0.2) is 60.8 Å². The minimum atomic E-state index is 0.0425. The molecular weight excluding hydrogens is 282 g/mol. The van der Waals surface area contributed by atoms with Gasteiger partial charge in [0.25, 0.3) is 0 Å². The number of thioether (sulfide) groups is 2. The van der Waals surface area contributed by atoms with Gasteiger partial charge >= 0.3 is 0 Å². The molecule has 0 bridgehead atoms. The van der Waals surface area contributed by atoms with Crippen molar-refractivity contribution in [2.75, 3.05) is 11.5 Å². The van der Waals surface area contributed by atoms with Gasteiger partial charge in [0.2, 0.25) is 0 Å². The largest absolute Gasteiger partial charge is 0.361 e. The highest BCUT2D eigenvalue weighted by molar-refractivity contribution is 8.20. The van der Waals surface area contributed by atoms with Crippen molar-refractivity contribution < 1.29 is 0 Å². The molecule has 0 unspecified atom stereocenters. The van der Waals surface area contributed by atoms with E-state index in [9.17, 15) is 0 Å². The van der Waals surface area contributed by atoms with Crippen molar-refractivity contribution in [2.45, 2.75) is 4.08 Å². The first-order valence-electron chi connectivity index (χ1n) is 6.80. The molecule has 0 saturated carbocycles. The summed E-state index contributed by atoms with van der Waals surface area (Å²) < 4.78 is 0.0425. The highest BCUT2D eigenvalue weighted by Crippen LogP contribution is 2.57. The van der Waals surface area contributed by atoms with E-state index in [0.29, 0.717) is 0 Å². The molecule has 0 radical (unpaired) electrons. The van der Waals surface area contributed by atoms with Gasteiger partial charge in [0, 0.05) is 34.2 Å². The fourth-order valence-corrected chi connectivity index (χ4v) is 6.22. The maximum absolute atomic E-state index is 3.43. The Kier molecular flexibility index (Phi) is 3.04. The summed E-state index contributed by atoms with van der Waals surface area (Å²) in [5.74, 6) is 2.41. The number of aromatic amines is 1. The highest BCUT2D eigenvalue weighted by atomic mass is 32.2. The summed E-state index contributed by atoms with van der Waals surface area (Å²) in [7, 11) is 0. The molecule has 1 fully saturated rings. The molecule has 1 N–H and O–H groups in total. The molecule has 0 amide bonds. The van der Waals surface area contributed by atoms with Crippen molar-refractivity contribution >= 4 is 34.4 Å². The maximum atomic E-state index is 3.43. The Morgan fingerprint density at radius 3 is 2.35 bits per heavy atom. The van der Waals surface area contributed by atoms with Gasteiger partial charge in [-0.1, -0.05) is 48.5 Å². The average Bonchev–Trinajstić information content (AvgIpc) is 3.15. The number of fused-ring (bicyclic) bond motifs is 1. The van der Waals surface area contributed by atoms with E-state index in [1.54, 1.807) is 0 Å².